The molecule has 16 heavy (non-hydrogen) atoms. The van der Waals surface area contributed by atoms with Crippen molar-refractivity contribution in [2.24, 2.45) is 5.73 Å². The summed E-state index contributed by atoms with van der Waals surface area (Å²) in [5.41, 5.74) is 6.05. The van der Waals surface area contributed by atoms with Gasteiger partial charge in [0.05, 0.1) is 0 Å². The van der Waals surface area contributed by atoms with E-state index in [1.165, 1.54) is 0 Å². The van der Waals surface area contributed by atoms with E-state index < -0.39 is 16.0 Å². The lowest BCUT2D eigenvalue weighted by atomic mass is 10.1. The van der Waals surface area contributed by atoms with Crippen molar-refractivity contribution >= 4 is 21.9 Å². The first kappa shape index (κ1) is 13.2. The number of halogens is 1. The highest BCUT2D eigenvalue weighted by molar-refractivity contribution is 9.10. The number of hydrogen-bond acceptors (Lipinski definition) is 3. The molecule has 88 valence electrons. The lowest BCUT2D eigenvalue weighted by Gasteiger charge is -2.27. The first-order valence-electron chi connectivity index (χ1n) is 5.00. The summed E-state index contributed by atoms with van der Waals surface area (Å²) in [5.74, 6) is -0.494. The smallest absolute Gasteiger partial charge is 0.342 e. The summed E-state index contributed by atoms with van der Waals surface area (Å²) in [7, 11) is 0. The van der Waals surface area contributed by atoms with Crippen molar-refractivity contribution in [1.29, 1.82) is 0 Å². The summed E-state index contributed by atoms with van der Waals surface area (Å²) in [4.78, 5) is 11.9. The molecule has 3 nitrogen and oxygen atoms in total. The van der Waals surface area contributed by atoms with Crippen molar-refractivity contribution < 1.29 is 9.53 Å². The Morgan fingerprint density at radius 3 is 2.19 bits per heavy atom. The Kier molecular flexibility index (Phi) is 3.76. The van der Waals surface area contributed by atoms with Crippen molar-refractivity contribution in [3.05, 3.63) is 35.9 Å². The summed E-state index contributed by atoms with van der Waals surface area (Å²) in [6.07, 6.45) is 0. The van der Waals surface area contributed by atoms with Crippen LogP contribution in [0.4, 0.5) is 0 Å². The van der Waals surface area contributed by atoms with E-state index >= 15 is 0 Å². The Morgan fingerprint density at radius 2 is 1.75 bits per heavy atom. The molecular formula is C12H16BrNO2. The maximum absolute atomic E-state index is 11.9. The molecule has 0 bridgehead atoms. The van der Waals surface area contributed by atoms with Crippen LogP contribution in [0.15, 0.2) is 30.3 Å². The third-order valence-electron chi connectivity index (χ3n) is 1.89. The van der Waals surface area contributed by atoms with E-state index in [-0.39, 0.29) is 0 Å². The number of esters is 1. The van der Waals surface area contributed by atoms with Crippen LogP contribution in [0.2, 0.25) is 0 Å². The molecule has 0 radical (unpaired) electrons. The largest absolute Gasteiger partial charge is 0.458 e. The van der Waals surface area contributed by atoms with Crippen LogP contribution in [-0.2, 0) is 14.0 Å². The molecule has 1 unspecified atom stereocenters. The molecule has 0 fully saturated rings. The monoisotopic (exact) mass is 285 g/mol. The van der Waals surface area contributed by atoms with E-state index in [4.69, 9.17) is 10.5 Å². The quantitative estimate of drug-likeness (QED) is 0.516. The van der Waals surface area contributed by atoms with E-state index in [1.54, 1.807) is 32.9 Å². The van der Waals surface area contributed by atoms with Gasteiger partial charge < -0.3 is 10.5 Å². The summed E-state index contributed by atoms with van der Waals surface area (Å²) >= 11 is 3.21. The predicted octanol–water partition coefficient (Wildman–Crippen LogP) is 2.53. The van der Waals surface area contributed by atoms with E-state index in [0.29, 0.717) is 5.56 Å². The summed E-state index contributed by atoms with van der Waals surface area (Å²) in [6.45, 7) is 5.41. The van der Waals surface area contributed by atoms with Gasteiger partial charge in [0.2, 0.25) is 0 Å². The summed E-state index contributed by atoms with van der Waals surface area (Å²) in [5, 5.41) is 0. The standard InChI is InChI=1S/C12H16BrNO2/c1-11(2,3)16-10(15)12(13,14)9-7-5-4-6-8-9/h4-8H,14H2,1-3H3. The molecule has 1 aromatic carbocycles. The van der Waals surface area contributed by atoms with Gasteiger partial charge >= 0.3 is 5.97 Å². The predicted molar refractivity (Wildman–Crippen MR) is 67.1 cm³/mol. The minimum atomic E-state index is -1.29. The Morgan fingerprint density at radius 1 is 1.25 bits per heavy atom. The number of alkyl halides is 1. The molecule has 4 heteroatoms. The average Bonchev–Trinajstić information content (AvgIpc) is 2.16. The summed E-state index contributed by atoms with van der Waals surface area (Å²) < 4.78 is 3.96. The number of benzene rings is 1. The minimum absolute atomic E-state index is 0.494. The highest BCUT2D eigenvalue weighted by Crippen LogP contribution is 2.28. The van der Waals surface area contributed by atoms with Crippen LogP contribution in [0.5, 0.6) is 0 Å². The molecule has 0 aliphatic rings. The minimum Gasteiger partial charge on any atom is -0.458 e. The third kappa shape index (κ3) is 3.32. The molecule has 0 aromatic heterocycles. The first-order valence-corrected chi connectivity index (χ1v) is 5.79. The van der Waals surface area contributed by atoms with Gasteiger partial charge in [0.25, 0.3) is 0 Å². The van der Waals surface area contributed by atoms with Crippen LogP contribution < -0.4 is 5.73 Å². The Balaban J connectivity index is 2.90. The molecule has 2 N–H and O–H groups in total. The number of nitrogens with two attached hydrogens (primary N) is 1. The van der Waals surface area contributed by atoms with Gasteiger partial charge in [-0.25, -0.2) is 4.79 Å². The molecule has 0 heterocycles. The number of carbonyl (C=O) groups excluding carboxylic acids is 1. The summed E-state index contributed by atoms with van der Waals surface area (Å²) in [6, 6.07) is 9.06. The number of rotatable bonds is 2. The van der Waals surface area contributed by atoms with Crippen molar-refractivity contribution in [1.82, 2.24) is 0 Å². The highest BCUT2D eigenvalue weighted by Gasteiger charge is 2.36. The molecule has 0 spiro atoms. The normalized spacial score (nSPS) is 15.3. The fourth-order valence-corrected chi connectivity index (χ4v) is 1.50. The maximum atomic E-state index is 11.9. The second-order valence-corrected chi connectivity index (χ2v) is 5.83. The number of carbonyl (C=O) groups is 1. The zero-order valence-electron chi connectivity index (χ0n) is 9.66. The van der Waals surface area contributed by atoms with Crippen molar-refractivity contribution in [3.63, 3.8) is 0 Å². The Bertz CT molecular complexity index is 368. The van der Waals surface area contributed by atoms with Crippen LogP contribution >= 0.6 is 15.9 Å². The third-order valence-corrected chi connectivity index (χ3v) is 2.67. The first-order chi connectivity index (χ1) is 7.23. The van der Waals surface area contributed by atoms with Crippen LogP contribution in [0.3, 0.4) is 0 Å². The van der Waals surface area contributed by atoms with Crippen molar-refractivity contribution in [2.45, 2.75) is 30.8 Å². The lowest BCUT2D eigenvalue weighted by molar-refractivity contribution is -0.157. The molecule has 0 aliphatic heterocycles. The SMILES string of the molecule is CC(C)(C)OC(=O)C(N)(Br)c1ccccc1. The highest BCUT2D eigenvalue weighted by atomic mass is 79.9. The van der Waals surface area contributed by atoms with Crippen LogP contribution in [-0.4, -0.2) is 11.6 Å². The van der Waals surface area contributed by atoms with Crippen molar-refractivity contribution in [2.75, 3.05) is 0 Å². The number of ether oxygens (including phenoxy) is 1. The molecule has 1 atom stereocenters. The van der Waals surface area contributed by atoms with E-state index in [2.05, 4.69) is 15.9 Å². The molecule has 0 aliphatic carbocycles. The fourth-order valence-electron chi connectivity index (χ4n) is 1.15. The molecule has 0 amide bonds. The van der Waals surface area contributed by atoms with E-state index in [0.717, 1.165) is 0 Å². The zero-order chi connectivity index (χ0) is 12.4. The Hall–Kier alpha value is -0.870. The van der Waals surface area contributed by atoms with Crippen molar-refractivity contribution in [3.8, 4) is 0 Å². The fraction of sp³-hybridized carbons (Fsp3) is 0.417. The van der Waals surface area contributed by atoms with E-state index in [9.17, 15) is 4.79 Å². The zero-order valence-corrected chi connectivity index (χ0v) is 11.2. The average molecular weight is 286 g/mol. The van der Waals surface area contributed by atoms with Crippen LogP contribution in [0.25, 0.3) is 0 Å². The maximum Gasteiger partial charge on any atom is 0.342 e. The Labute approximate surface area is 104 Å². The van der Waals surface area contributed by atoms with E-state index in [1.807, 2.05) is 18.2 Å². The van der Waals surface area contributed by atoms with Gasteiger partial charge in [-0.3, -0.25) is 0 Å². The van der Waals surface area contributed by atoms with Gasteiger partial charge in [0.1, 0.15) is 5.60 Å². The second kappa shape index (κ2) is 4.55. The molecule has 1 rings (SSSR count). The molecule has 1 aromatic rings. The van der Waals surface area contributed by atoms with Gasteiger partial charge in [0, 0.05) is 0 Å². The topological polar surface area (TPSA) is 52.3 Å². The van der Waals surface area contributed by atoms with Gasteiger partial charge in [0.15, 0.2) is 4.45 Å². The van der Waals surface area contributed by atoms with Gasteiger partial charge in [-0.1, -0.05) is 46.3 Å². The van der Waals surface area contributed by atoms with Gasteiger partial charge in [-0.15, -0.1) is 0 Å². The van der Waals surface area contributed by atoms with Crippen LogP contribution in [0.1, 0.15) is 26.3 Å². The lowest BCUT2D eigenvalue weighted by Crippen LogP contribution is -2.43. The van der Waals surface area contributed by atoms with Gasteiger partial charge in [-0.2, -0.15) is 0 Å². The second-order valence-electron chi connectivity index (χ2n) is 4.58. The molecule has 0 saturated carbocycles. The molecule has 0 saturated heterocycles. The van der Waals surface area contributed by atoms with Gasteiger partial charge in [-0.05, 0) is 26.3 Å². The van der Waals surface area contributed by atoms with Crippen LogP contribution in [0, 0.1) is 0 Å². The molecular weight excluding hydrogens is 270 g/mol. The number of hydrogen-bond donors (Lipinski definition) is 1.